The number of urea groups is 1. The molecular weight excluding hydrogens is 308 g/mol. The highest BCUT2D eigenvalue weighted by molar-refractivity contribution is 5.88. The van der Waals surface area contributed by atoms with Crippen molar-refractivity contribution in [3.63, 3.8) is 0 Å². The number of aliphatic carboxylic acids is 1. The molecule has 2 aromatic rings. The average molecular weight is 330 g/mol. The first kappa shape index (κ1) is 17.5. The highest BCUT2D eigenvalue weighted by Crippen LogP contribution is 2.16. The van der Waals surface area contributed by atoms with Crippen molar-refractivity contribution < 1.29 is 14.7 Å². The molecule has 0 aliphatic heterocycles. The molecule has 0 aliphatic rings. The second-order valence-corrected chi connectivity index (χ2v) is 5.97. The van der Waals surface area contributed by atoms with E-state index in [2.05, 4.69) is 10.4 Å². The van der Waals surface area contributed by atoms with E-state index in [-0.39, 0.29) is 6.54 Å². The summed E-state index contributed by atoms with van der Waals surface area (Å²) < 4.78 is 1.74. The van der Waals surface area contributed by atoms with Crippen LogP contribution in [0, 0.1) is 19.8 Å². The van der Waals surface area contributed by atoms with Gasteiger partial charge in [-0.2, -0.15) is 0 Å². The van der Waals surface area contributed by atoms with Crippen LogP contribution in [-0.4, -0.2) is 45.4 Å². The molecule has 7 heteroatoms. The normalized spacial score (nSPS) is 11.8. The van der Waals surface area contributed by atoms with Crippen molar-refractivity contribution in [2.24, 2.45) is 5.92 Å². The van der Waals surface area contributed by atoms with E-state index in [1.54, 1.807) is 24.7 Å². The number of rotatable bonds is 5. The molecule has 2 rings (SSSR count). The number of aromatic nitrogens is 2. The van der Waals surface area contributed by atoms with Crippen molar-refractivity contribution in [1.29, 1.82) is 0 Å². The highest BCUT2D eigenvalue weighted by atomic mass is 16.4. The number of carbonyl (C=O) groups is 2. The molecule has 7 nitrogen and oxygen atoms in total. The molecule has 0 aliphatic carbocycles. The Hall–Kier alpha value is -2.83. The first-order valence-corrected chi connectivity index (χ1v) is 7.66. The molecule has 128 valence electrons. The Bertz CT molecular complexity index is 737. The van der Waals surface area contributed by atoms with Crippen LogP contribution in [0.5, 0.6) is 0 Å². The van der Waals surface area contributed by atoms with Crippen LogP contribution >= 0.6 is 0 Å². The zero-order chi connectivity index (χ0) is 17.9. The molecule has 2 N–H and O–H groups in total. The van der Waals surface area contributed by atoms with E-state index in [0.29, 0.717) is 5.82 Å². The molecule has 1 aromatic carbocycles. The molecule has 0 saturated heterocycles. The van der Waals surface area contributed by atoms with Gasteiger partial charge in [-0.1, -0.05) is 24.6 Å². The van der Waals surface area contributed by atoms with Crippen LogP contribution in [0.1, 0.15) is 18.2 Å². The van der Waals surface area contributed by atoms with Crippen LogP contribution in [0.4, 0.5) is 10.6 Å². The monoisotopic (exact) mass is 330 g/mol. The Morgan fingerprint density at radius 1 is 1.29 bits per heavy atom. The van der Waals surface area contributed by atoms with Gasteiger partial charge in [0, 0.05) is 25.4 Å². The fourth-order valence-corrected chi connectivity index (χ4v) is 2.26. The Morgan fingerprint density at radius 2 is 1.92 bits per heavy atom. The zero-order valence-corrected chi connectivity index (χ0v) is 14.3. The van der Waals surface area contributed by atoms with Crippen LogP contribution in [-0.2, 0) is 4.79 Å². The minimum absolute atomic E-state index is 0.124. The number of carboxylic acid groups (broad SMARTS) is 1. The van der Waals surface area contributed by atoms with E-state index in [0.717, 1.165) is 16.9 Å². The van der Waals surface area contributed by atoms with Gasteiger partial charge in [-0.3, -0.25) is 10.1 Å². The van der Waals surface area contributed by atoms with Gasteiger partial charge in [0.15, 0.2) is 5.82 Å². The van der Waals surface area contributed by atoms with Gasteiger partial charge in [0.1, 0.15) is 0 Å². The van der Waals surface area contributed by atoms with Gasteiger partial charge in [0.2, 0.25) is 0 Å². The molecule has 0 bridgehead atoms. The third-order valence-electron chi connectivity index (χ3n) is 3.72. The summed E-state index contributed by atoms with van der Waals surface area (Å²) in [7, 11) is 1.55. The quantitative estimate of drug-likeness (QED) is 0.882. The summed E-state index contributed by atoms with van der Waals surface area (Å²) in [5.74, 6) is -1.14. The lowest BCUT2D eigenvalue weighted by Gasteiger charge is -2.19. The lowest BCUT2D eigenvalue weighted by atomic mass is 10.2. The SMILES string of the molecule is Cc1ccc(-n2nc(NC(=O)N(C)CC(C)C(=O)O)cc2C)cc1. The standard InChI is InChI=1S/C17H22N4O3/c1-11-5-7-14(8-6-11)21-13(3)9-15(19-21)18-17(24)20(4)10-12(2)16(22)23/h5-9,12H,10H2,1-4H3,(H,22,23)(H,18,19,24). The van der Waals surface area contributed by atoms with Gasteiger partial charge in [0.05, 0.1) is 11.6 Å². The van der Waals surface area contributed by atoms with E-state index in [1.165, 1.54) is 4.90 Å². The van der Waals surface area contributed by atoms with Crippen molar-refractivity contribution in [2.45, 2.75) is 20.8 Å². The number of amides is 2. The van der Waals surface area contributed by atoms with Crippen molar-refractivity contribution in [2.75, 3.05) is 18.9 Å². The number of benzene rings is 1. The minimum Gasteiger partial charge on any atom is -0.481 e. The number of hydrogen-bond donors (Lipinski definition) is 2. The van der Waals surface area contributed by atoms with Gasteiger partial charge in [-0.05, 0) is 26.0 Å². The molecule has 0 fully saturated rings. The smallest absolute Gasteiger partial charge is 0.322 e. The molecule has 1 atom stereocenters. The summed E-state index contributed by atoms with van der Waals surface area (Å²) in [6.45, 7) is 5.60. The summed E-state index contributed by atoms with van der Waals surface area (Å²) in [4.78, 5) is 24.3. The molecular formula is C17H22N4O3. The summed E-state index contributed by atoms with van der Waals surface area (Å²) >= 11 is 0. The van der Waals surface area contributed by atoms with Gasteiger partial charge in [-0.25, -0.2) is 9.48 Å². The van der Waals surface area contributed by atoms with E-state index >= 15 is 0 Å². The molecule has 0 radical (unpaired) electrons. The first-order chi connectivity index (χ1) is 11.3. The summed E-state index contributed by atoms with van der Waals surface area (Å²) in [5, 5.41) is 16.0. The highest BCUT2D eigenvalue weighted by Gasteiger charge is 2.18. The molecule has 1 unspecified atom stereocenters. The van der Waals surface area contributed by atoms with Crippen molar-refractivity contribution in [1.82, 2.24) is 14.7 Å². The third-order valence-corrected chi connectivity index (χ3v) is 3.72. The minimum atomic E-state index is -0.936. The summed E-state index contributed by atoms with van der Waals surface area (Å²) in [6, 6.07) is 9.29. The van der Waals surface area contributed by atoms with Crippen molar-refractivity contribution in [3.8, 4) is 5.69 Å². The maximum absolute atomic E-state index is 12.1. The topological polar surface area (TPSA) is 87.5 Å². The maximum Gasteiger partial charge on any atom is 0.322 e. The summed E-state index contributed by atoms with van der Waals surface area (Å²) in [5.41, 5.74) is 2.95. The Morgan fingerprint density at radius 3 is 2.50 bits per heavy atom. The Labute approximate surface area is 140 Å². The first-order valence-electron chi connectivity index (χ1n) is 7.66. The average Bonchev–Trinajstić information content (AvgIpc) is 2.88. The molecule has 2 amide bonds. The maximum atomic E-state index is 12.1. The van der Waals surface area contributed by atoms with Crippen LogP contribution in [0.3, 0.4) is 0 Å². The molecule has 1 aromatic heterocycles. The van der Waals surface area contributed by atoms with E-state index < -0.39 is 17.9 Å². The van der Waals surface area contributed by atoms with Crippen LogP contribution in [0.2, 0.25) is 0 Å². The molecule has 1 heterocycles. The van der Waals surface area contributed by atoms with Gasteiger partial charge < -0.3 is 10.0 Å². The van der Waals surface area contributed by atoms with Crippen molar-refractivity contribution >= 4 is 17.8 Å². The lowest BCUT2D eigenvalue weighted by Crippen LogP contribution is -2.36. The van der Waals surface area contributed by atoms with Gasteiger partial charge >= 0.3 is 12.0 Å². The van der Waals surface area contributed by atoms with Crippen LogP contribution in [0.15, 0.2) is 30.3 Å². The Kier molecular flexibility index (Phi) is 5.23. The second kappa shape index (κ2) is 7.16. The predicted molar refractivity (Wildman–Crippen MR) is 91.5 cm³/mol. The van der Waals surface area contributed by atoms with Crippen LogP contribution in [0.25, 0.3) is 5.69 Å². The number of carbonyl (C=O) groups excluding carboxylic acids is 1. The number of anilines is 1. The Balaban J connectivity index is 2.08. The van der Waals surface area contributed by atoms with Gasteiger partial charge in [-0.15, -0.1) is 5.10 Å². The van der Waals surface area contributed by atoms with E-state index in [4.69, 9.17) is 5.11 Å². The van der Waals surface area contributed by atoms with E-state index in [1.807, 2.05) is 38.1 Å². The number of nitrogens with one attached hydrogen (secondary N) is 1. The summed E-state index contributed by atoms with van der Waals surface area (Å²) in [6.07, 6.45) is 0. The van der Waals surface area contributed by atoms with Crippen molar-refractivity contribution in [3.05, 3.63) is 41.6 Å². The number of carboxylic acids is 1. The fourth-order valence-electron chi connectivity index (χ4n) is 2.26. The van der Waals surface area contributed by atoms with E-state index in [9.17, 15) is 9.59 Å². The fraction of sp³-hybridized carbons (Fsp3) is 0.353. The molecule has 0 saturated carbocycles. The van der Waals surface area contributed by atoms with Gasteiger partial charge in [0.25, 0.3) is 0 Å². The predicted octanol–water partition coefficient (Wildman–Crippen LogP) is 2.67. The second-order valence-electron chi connectivity index (χ2n) is 5.97. The number of aryl methyl sites for hydroxylation is 2. The lowest BCUT2D eigenvalue weighted by molar-refractivity contribution is -0.141. The molecule has 0 spiro atoms. The molecule has 24 heavy (non-hydrogen) atoms. The van der Waals surface area contributed by atoms with Crippen LogP contribution < -0.4 is 5.32 Å². The third kappa shape index (κ3) is 4.13. The number of nitrogens with zero attached hydrogens (tertiary/aromatic N) is 3. The number of hydrogen-bond acceptors (Lipinski definition) is 3. The largest absolute Gasteiger partial charge is 0.481 e. The zero-order valence-electron chi connectivity index (χ0n) is 14.3.